The summed E-state index contributed by atoms with van der Waals surface area (Å²) in [5.41, 5.74) is 0.0431. The number of ether oxygens (including phenoxy) is 1. The molecule has 10 heteroatoms. The molecule has 0 aliphatic carbocycles. The molecule has 0 saturated heterocycles. The van der Waals surface area contributed by atoms with E-state index >= 15 is 0 Å². The van der Waals surface area contributed by atoms with Gasteiger partial charge in [-0.15, -0.1) is 0 Å². The van der Waals surface area contributed by atoms with Crippen LogP contribution in [0.5, 0.6) is 0 Å². The van der Waals surface area contributed by atoms with E-state index in [0.29, 0.717) is 0 Å². The van der Waals surface area contributed by atoms with Crippen LogP contribution in [0.2, 0.25) is 0 Å². The summed E-state index contributed by atoms with van der Waals surface area (Å²) >= 11 is 0.975. The molecule has 0 unspecified atom stereocenters. The Labute approximate surface area is 198 Å². The van der Waals surface area contributed by atoms with Gasteiger partial charge in [-0.2, -0.15) is 0 Å². The molecular weight excluding hydrogens is 464 g/mol. The number of nitrogens with one attached hydrogen (secondary N) is 2. The second kappa shape index (κ2) is 11.4. The number of anilines is 2. The first-order chi connectivity index (χ1) is 16.3. The third kappa shape index (κ3) is 6.38. The second-order valence-corrected chi connectivity index (χ2v) is 8.43. The van der Waals surface area contributed by atoms with Crippen molar-refractivity contribution in [2.75, 3.05) is 10.6 Å². The Hall–Kier alpha value is -3.79. The summed E-state index contributed by atoms with van der Waals surface area (Å²) in [6, 6.07) is 14.3. The summed E-state index contributed by atoms with van der Waals surface area (Å²) in [5, 5.41) is 4.32. The van der Waals surface area contributed by atoms with Crippen LogP contribution in [0.4, 0.5) is 20.2 Å². The molecule has 1 aromatic heterocycles. The minimum absolute atomic E-state index is 0.0373. The van der Waals surface area contributed by atoms with Gasteiger partial charge in [0.25, 0.3) is 5.91 Å². The summed E-state index contributed by atoms with van der Waals surface area (Å²) in [6.07, 6.45) is 0.210. The monoisotopic (exact) mass is 485 g/mol. The molecule has 176 valence electrons. The normalized spacial score (nSPS) is 12.4. The van der Waals surface area contributed by atoms with E-state index in [1.807, 2.05) is 0 Å². The Morgan fingerprint density at radius 3 is 2.00 bits per heavy atom. The van der Waals surface area contributed by atoms with Gasteiger partial charge >= 0.3 is 5.97 Å². The molecule has 2 aromatic carbocycles. The van der Waals surface area contributed by atoms with Crippen molar-refractivity contribution in [3.63, 3.8) is 0 Å². The molecule has 0 fully saturated rings. The van der Waals surface area contributed by atoms with Crippen LogP contribution in [0.15, 0.2) is 71.9 Å². The number of carbonyl (C=O) groups excluding carboxylic acids is 3. The highest BCUT2D eigenvalue weighted by molar-refractivity contribution is 8.00. The Bertz CT molecular complexity index is 1210. The number of thioether (sulfide) groups is 1. The number of para-hydroxylation sites is 2. The number of hydrogen-bond acceptors (Lipinski definition) is 6. The van der Waals surface area contributed by atoms with Crippen LogP contribution in [0.25, 0.3) is 0 Å². The van der Waals surface area contributed by atoms with E-state index in [1.54, 1.807) is 19.1 Å². The molecule has 0 saturated carbocycles. The van der Waals surface area contributed by atoms with Crippen molar-refractivity contribution in [1.29, 1.82) is 0 Å². The Kier molecular flexibility index (Phi) is 8.31. The number of nitrogens with zero attached hydrogens (tertiary/aromatic N) is 1. The Morgan fingerprint density at radius 1 is 0.853 bits per heavy atom. The molecule has 3 rings (SSSR count). The summed E-state index contributed by atoms with van der Waals surface area (Å²) in [7, 11) is 0. The predicted octanol–water partition coefficient (Wildman–Crippen LogP) is 4.66. The zero-order valence-corrected chi connectivity index (χ0v) is 19.1. The van der Waals surface area contributed by atoms with E-state index in [9.17, 15) is 23.2 Å². The number of rotatable bonds is 8. The van der Waals surface area contributed by atoms with Gasteiger partial charge in [0.1, 0.15) is 16.7 Å². The molecule has 0 aliphatic heterocycles. The van der Waals surface area contributed by atoms with Crippen LogP contribution in [0, 0.1) is 11.6 Å². The number of benzene rings is 2. The van der Waals surface area contributed by atoms with E-state index < -0.39 is 40.8 Å². The van der Waals surface area contributed by atoms with Crippen molar-refractivity contribution in [3.8, 4) is 0 Å². The van der Waals surface area contributed by atoms with Gasteiger partial charge in [0.2, 0.25) is 5.91 Å². The molecular formula is C24H21F2N3O4S. The quantitative estimate of drug-likeness (QED) is 0.356. The van der Waals surface area contributed by atoms with Crippen LogP contribution in [0.3, 0.4) is 0 Å². The fraction of sp³-hybridized carbons (Fsp3) is 0.167. The standard InChI is InChI=1S/C24H21F2N3O4S/c1-14(21(30)28-19-11-5-3-9-17(19)25)33-24(32)16-8-7-13-27-23(16)34-15(2)22(31)29-20-12-6-4-10-18(20)26/h3-15H,1-2H3,(H,28,30)(H,29,31)/t14-,15+/m0/s1. The maximum atomic E-state index is 13.8. The van der Waals surface area contributed by atoms with Crippen LogP contribution in [0.1, 0.15) is 24.2 Å². The highest BCUT2D eigenvalue weighted by Gasteiger charge is 2.24. The van der Waals surface area contributed by atoms with E-state index in [0.717, 1.165) is 11.8 Å². The fourth-order valence-electron chi connectivity index (χ4n) is 2.73. The maximum absolute atomic E-state index is 13.8. The van der Waals surface area contributed by atoms with Crippen molar-refractivity contribution in [2.24, 2.45) is 0 Å². The lowest BCUT2D eigenvalue weighted by molar-refractivity contribution is -0.123. The van der Waals surface area contributed by atoms with Crippen LogP contribution >= 0.6 is 11.8 Å². The fourth-order valence-corrected chi connectivity index (χ4v) is 3.63. The van der Waals surface area contributed by atoms with Crippen LogP contribution in [-0.4, -0.2) is 34.1 Å². The summed E-state index contributed by atoms with van der Waals surface area (Å²) in [4.78, 5) is 41.7. The highest BCUT2D eigenvalue weighted by atomic mass is 32.2. The molecule has 34 heavy (non-hydrogen) atoms. The smallest absolute Gasteiger partial charge is 0.341 e. The summed E-state index contributed by atoms with van der Waals surface area (Å²) in [5.74, 6) is -3.24. The van der Waals surface area contributed by atoms with Crippen LogP contribution < -0.4 is 10.6 Å². The zero-order valence-electron chi connectivity index (χ0n) is 18.2. The van der Waals surface area contributed by atoms with Gasteiger partial charge in [-0.1, -0.05) is 36.0 Å². The largest absolute Gasteiger partial charge is 0.449 e. The molecule has 2 N–H and O–H groups in total. The van der Waals surface area contributed by atoms with Crippen molar-refractivity contribution >= 4 is 40.9 Å². The number of halogens is 2. The first-order valence-corrected chi connectivity index (χ1v) is 11.1. The van der Waals surface area contributed by atoms with Crippen molar-refractivity contribution < 1.29 is 27.9 Å². The van der Waals surface area contributed by atoms with Gasteiger partial charge in [-0.25, -0.2) is 18.6 Å². The van der Waals surface area contributed by atoms with Crippen molar-refractivity contribution in [3.05, 3.63) is 84.1 Å². The van der Waals surface area contributed by atoms with Crippen molar-refractivity contribution in [1.82, 2.24) is 4.98 Å². The molecule has 7 nitrogen and oxygen atoms in total. The highest BCUT2D eigenvalue weighted by Crippen LogP contribution is 2.27. The molecule has 3 aromatic rings. The van der Waals surface area contributed by atoms with E-state index in [4.69, 9.17) is 4.74 Å². The van der Waals surface area contributed by atoms with E-state index in [1.165, 1.54) is 61.7 Å². The molecule has 0 bridgehead atoms. The molecule has 1 heterocycles. The Morgan fingerprint density at radius 2 is 1.41 bits per heavy atom. The number of esters is 1. The van der Waals surface area contributed by atoms with Crippen LogP contribution in [-0.2, 0) is 14.3 Å². The number of aromatic nitrogens is 1. The minimum Gasteiger partial charge on any atom is -0.449 e. The maximum Gasteiger partial charge on any atom is 0.341 e. The van der Waals surface area contributed by atoms with E-state index in [2.05, 4.69) is 15.6 Å². The average molecular weight is 486 g/mol. The van der Waals surface area contributed by atoms with Gasteiger partial charge in [0.15, 0.2) is 6.10 Å². The zero-order chi connectivity index (χ0) is 24.7. The number of carbonyl (C=O) groups is 3. The third-order valence-electron chi connectivity index (χ3n) is 4.57. The molecule has 0 spiro atoms. The third-order valence-corrected chi connectivity index (χ3v) is 5.68. The SMILES string of the molecule is C[C@H](OC(=O)c1cccnc1S[C@H](C)C(=O)Nc1ccccc1F)C(=O)Nc1ccccc1F. The van der Waals surface area contributed by atoms with Gasteiger partial charge in [0, 0.05) is 6.20 Å². The first-order valence-electron chi connectivity index (χ1n) is 10.2. The summed E-state index contributed by atoms with van der Waals surface area (Å²) in [6.45, 7) is 2.93. The van der Waals surface area contributed by atoms with Gasteiger partial charge in [-0.3, -0.25) is 9.59 Å². The van der Waals surface area contributed by atoms with E-state index in [-0.39, 0.29) is 22.0 Å². The lowest BCUT2D eigenvalue weighted by Crippen LogP contribution is -2.30. The average Bonchev–Trinajstić information content (AvgIpc) is 2.82. The first kappa shape index (κ1) is 24.8. The lowest BCUT2D eigenvalue weighted by Gasteiger charge is -2.16. The van der Waals surface area contributed by atoms with Crippen molar-refractivity contribution in [2.45, 2.75) is 30.2 Å². The lowest BCUT2D eigenvalue weighted by atomic mass is 10.2. The Balaban J connectivity index is 1.65. The summed E-state index contributed by atoms with van der Waals surface area (Å²) < 4.78 is 32.8. The topological polar surface area (TPSA) is 97.4 Å². The number of hydrogen-bond donors (Lipinski definition) is 2. The molecule has 0 radical (unpaired) electrons. The molecule has 0 aliphatic rings. The number of amides is 2. The number of pyridine rings is 1. The molecule has 2 amide bonds. The van der Waals surface area contributed by atoms with Gasteiger partial charge in [0.05, 0.1) is 22.2 Å². The molecule has 2 atom stereocenters. The minimum atomic E-state index is -1.23. The second-order valence-electron chi connectivity index (χ2n) is 7.10. The van der Waals surface area contributed by atoms with Gasteiger partial charge in [-0.05, 0) is 50.2 Å². The predicted molar refractivity (Wildman–Crippen MR) is 124 cm³/mol. The van der Waals surface area contributed by atoms with Gasteiger partial charge < -0.3 is 15.4 Å².